The van der Waals surface area contributed by atoms with Gasteiger partial charge in [0.05, 0.1) is 11.8 Å². The number of nitrogens with zero attached hydrogens (tertiary/aromatic N) is 2. The van der Waals surface area contributed by atoms with Crippen LogP contribution in [0.4, 0.5) is 13.2 Å². The van der Waals surface area contributed by atoms with Crippen molar-refractivity contribution in [1.82, 2.24) is 9.78 Å². The van der Waals surface area contributed by atoms with Crippen LogP contribution in [0.15, 0.2) is 30.6 Å². The van der Waals surface area contributed by atoms with E-state index in [1.165, 1.54) is 19.0 Å². The zero-order valence-corrected chi connectivity index (χ0v) is 10.6. The molecule has 1 fully saturated rings. The van der Waals surface area contributed by atoms with E-state index < -0.39 is 11.7 Å². The predicted octanol–water partition coefficient (Wildman–Crippen LogP) is 3.68. The molecule has 0 spiro atoms. The third-order valence-electron chi connectivity index (χ3n) is 3.41. The summed E-state index contributed by atoms with van der Waals surface area (Å²) in [6.07, 6.45) is 1.07. The molecular weight excluding hydrogens is 269 g/mol. The minimum Gasteiger partial charge on any atom is -0.507 e. The number of phenolic OH excluding ortho intramolecular Hbond substituents is 1. The Morgan fingerprint density at radius 2 is 2.05 bits per heavy atom. The average molecular weight is 282 g/mol. The molecule has 6 heteroatoms. The van der Waals surface area contributed by atoms with Crippen LogP contribution in [0.1, 0.15) is 18.4 Å². The van der Waals surface area contributed by atoms with E-state index in [0.29, 0.717) is 11.5 Å². The highest BCUT2D eigenvalue weighted by atomic mass is 19.4. The third-order valence-corrected chi connectivity index (χ3v) is 3.41. The van der Waals surface area contributed by atoms with Crippen molar-refractivity contribution in [2.24, 2.45) is 5.92 Å². The number of aromatic hydroxyl groups is 1. The van der Waals surface area contributed by atoms with Crippen LogP contribution in [0.5, 0.6) is 5.75 Å². The highest BCUT2D eigenvalue weighted by molar-refractivity contribution is 5.69. The molecule has 1 aliphatic carbocycles. The first-order valence-corrected chi connectivity index (χ1v) is 6.36. The molecule has 1 aromatic heterocycles. The van der Waals surface area contributed by atoms with Crippen molar-refractivity contribution in [3.63, 3.8) is 0 Å². The van der Waals surface area contributed by atoms with E-state index in [1.807, 2.05) is 0 Å². The van der Waals surface area contributed by atoms with Gasteiger partial charge in [0.2, 0.25) is 0 Å². The van der Waals surface area contributed by atoms with Gasteiger partial charge in [-0.1, -0.05) is 0 Å². The smallest absolute Gasteiger partial charge is 0.416 e. The number of halogens is 3. The van der Waals surface area contributed by atoms with Gasteiger partial charge in [-0.05, 0) is 37.0 Å². The SMILES string of the molecule is Oc1ccc(C(F)(F)F)cc1-c1cnn(CC2CC2)c1. The number of alkyl halides is 3. The summed E-state index contributed by atoms with van der Waals surface area (Å²) in [7, 11) is 0. The monoisotopic (exact) mass is 282 g/mol. The molecule has 2 aromatic rings. The molecule has 3 nitrogen and oxygen atoms in total. The molecule has 1 saturated carbocycles. The van der Waals surface area contributed by atoms with E-state index in [1.54, 1.807) is 10.9 Å². The maximum absolute atomic E-state index is 12.7. The number of hydrogen-bond acceptors (Lipinski definition) is 2. The van der Waals surface area contributed by atoms with Gasteiger partial charge in [0.25, 0.3) is 0 Å². The second kappa shape index (κ2) is 4.54. The van der Waals surface area contributed by atoms with Gasteiger partial charge >= 0.3 is 6.18 Å². The molecule has 0 amide bonds. The minimum atomic E-state index is -4.42. The Kier molecular flexibility index (Phi) is 2.96. The third kappa shape index (κ3) is 2.64. The van der Waals surface area contributed by atoms with Gasteiger partial charge in [-0.2, -0.15) is 18.3 Å². The largest absolute Gasteiger partial charge is 0.507 e. The zero-order chi connectivity index (χ0) is 14.3. The highest BCUT2D eigenvalue weighted by Gasteiger charge is 2.31. The summed E-state index contributed by atoms with van der Waals surface area (Å²) in [5.74, 6) is 0.446. The van der Waals surface area contributed by atoms with Gasteiger partial charge in [0.15, 0.2) is 0 Å². The Labute approximate surface area is 113 Å². The first kappa shape index (κ1) is 13.0. The van der Waals surface area contributed by atoms with E-state index in [4.69, 9.17) is 0 Å². The summed E-state index contributed by atoms with van der Waals surface area (Å²) in [6.45, 7) is 0.778. The summed E-state index contributed by atoms with van der Waals surface area (Å²) in [6, 6.07) is 2.89. The Bertz CT molecular complexity index is 630. The Morgan fingerprint density at radius 1 is 1.30 bits per heavy atom. The van der Waals surface area contributed by atoms with Crippen molar-refractivity contribution < 1.29 is 18.3 Å². The maximum atomic E-state index is 12.7. The van der Waals surface area contributed by atoms with Crippen molar-refractivity contribution in [2.45, 2.75) is 25.6 Å². The van der Waals surface area contributed by atoms with Crippen LogP contribution in [0.25, 0.3) is 11.1 Å². The van der Waals surface area contributed by atoms with Gasteiger partial charge in [-0.15, -0.1) is 0 Å². The summed E-state index contributed by atoms with van der Waals surface area (Å²) in [4.78, 5) is 0. The molecule has 20 heavy (non-hydrogen) atoms. The van der Waals surface area contributed by atoms with Crippen LogP contribution in [-0.2, 0) is 12.7 Å². The number of phenols is 1. The van der Waals surface area contributed by atoms with Gasteiger partial charge in [0, 0.05) is 23.9 Å². The number of rotatable bonds is 3. The van der Waals surface area contributed by atoms with Gasteiger partial charge < -0.3 is 5.11 Å². The molecule has 0 saturated heterocycles. The molecule has 0 atom stereocenters. The fourth-order valence-electron chi connectivity index (χ4n) is 2.11. The molecule has 0 radical (unpaired) electrons. The predicted molar refractivity (Wildman–Crippen MR) is 67.1 cm³/mol. The number of benzene rings is 1. The molecule has 1 heterocycles. The van der Waals surface area contributed by atoms with Crippen molar-refractivity contribution >= 4 is 0 Å². The van der Waals surface area contributed by atoms with E-state index >= 15 is 0 Å². The summed E-state index contributed by atoms with van der Waals surface area (Å²) < 4.78 is 39.8. The first-order valence-electron chi connectivity index (χ1n) is 6.36. The Morgan fingerprint density at radius 3 is 2.70 bits per heavy atom. The van der Waals surface area contributed by atoms with Crippen LogP contribution in [-0.4, -0.2) is 14.9 Å². The summed E-state index contributed by atoms with van der Waals surface area (Å²) in [5.41, 5.74) is -0.128. The lowest BCUT2D eigenvalue weighted by molar-refractivity contribution is -0.137. The average Bonchev–Trinajstić information content (AvgIpc) is 3.05. The first-order chi connectivity index (χ1) is 9.43. The lowest BCUT2D eigenvalue weighted by Gasteiger charge is -2.09. The van der Waals surface area contributed by atoms with E-state index in [0.717, 1.165) is 24.7 Å². The number of aromatic nitrogens is 2. The molecule has 1 aliphatic rings. The van der Waals surface area contributed by atoms with Crippen LogP contribution in [0, 0.1) is 5.92 Å². The van der Waals surface area contributed by atoms with Gasteiger partial charge in [-0.25, -0.2) is 0 Å². The van der Waals surface area contributed by atoms with E-state index in [2.05, 4.69) is 5.10 Å². The molecule has 0 aliphatic heterocycles. The van der Waals surface area contributed by atoms with Crippen LogP contribution < -0.4 is 0 Å². The second-order valence-electron chi connectivity index (χ2n) is 5.12. The molecule has 1 N–H and O–H groups in total. The molecule has 0 unspecified atom stereocenters. The lowest BCUT2D eigenvalue weighted by atomic mass is 10.0. The highest BCUT2D eigenvalue weighted by Crippen LogP contribution is 2.37. The van der Waals surface area contributed by atoms with Crippen LogP contribution in [0.2, 0.25) is 0 Å². The quantitative estimate of drug-likeness (QED) is 0.932. The molecule has 3 rings (SSSR count). The van der Waals surface area contributed by atoms with Crippen molar-refractivity contribution in [3.8, 4) is 16.9 Å². The Balaban J connectivity index is 1.93. The summed E-state index contributed by atoms with van der Waals surface area (Å²) >= 11 is 0. The molecular formula is C14H13F3N2O. The van der Waals surface area contributed by atoms with E-state index in [-0.39, 0.29) is 11.3 Å². The standard InChI is InChI=1S/C14H13F3N2O/c15-14(16,17)11-3-4-13(20)12(5-11)10-6-18-19(8-10)7-9-1-2-9/h3-6,8-9,20H,1-2,7H2. The fraction of sp³-hybridized carbons (Fsp3) is 0.357. The molecule has 106 valence electrons. The van der Waals surface area contributed by atoms with Gasteiger partial charge in [-0.3, -0.25) is 4.68 Å². The topological polar surface area (TPSA) is 38.1 Å². The fourth-order valence-corrected chi connectivity index (χ4v) is 2.11. The van der Waals surface area contributed by atoms with E-state index in [9.17, 15) is 18.3 Å². The molecule has 1 aromatic carbocycles. The molecule has 0 bridgehead atoms. The Hall–Kier alpha value is -1.98. The minimum absolute atomic E-state index is 0.155. The zero-order valence-electron chi connectivity index (χ0n) is 10.6. The lowest BCUT2D eigenvalue weighted by Crippen LogP contribution is -2.04. The van der Waals surface area contributed by atoms with Crippen molar-refractivity contribution in [2.75, 3.05) is 0 Å². The number of hydrogen-bond donors (Lipinski definition) is 1. The summed E-state index contributed by atoms with van der Waals surface area (Å²) in [5, 5.41) is 13.9. The normalized spacial score (nSPS) is 15.6. The van der Waals surface area contributed by atoms with Crippen molar-refractivity contribution in [1.29, 1.82) is 0 Å². The van der Waals surface area contributed by atoms with Crippen molar-refractivity contribution in [3.05, 3.63) is 36.2 Å². The second-order valence-corrected chi connectivity index (χ2v) is 5.12. The van der Waals surface area contributed by atoms with Crippen LogP contribution >= 0.6 is 0 Å². The maximum Gasteiger partial charge on any atom is 0.416 e. The van der Waals surface area contributed by atoms with Gasteiger partial charge in [0.1, 0.15) is 5.75 Å². The van der Waals surface area contributed by atoms with Crippen LogP contribution in [0.3, 0.4) is 0 Å².